The van der Waals surface area contributed by atoms with Gasteiger partial charge in [0.2, 0.25) is 0 Å². The van der Waals surface area contributed by atoms with Gasteiger partial charge in [0.15, 0.2) is 0 Å². The van der Waals surface area contributed by atoms with Gasteiger partial charge in [-0.25, -0.2) is 0 Å². The zero-order valence-electron chi connectivity index (χ0n) is 10.00. The highest BCUT2D eigenvalue weighted by molar-refractivity contribution is 4.83. The second-order valence-corrected chi connectivity index (χ2v) is 5.08. The Bertz CT molecular complexity index is 131. The second kappa shape index (κ2) is 7.75. The van der Waals surface area contributed by atoms with E-state index in [1.54, 1.807) is 0 Å². The van der Waals surface area contributed by atoms with Gasteiger partial charge in [0, 0.05) is 5.41 Å². The van der Waals surface area contributed by atoms with Crippen LogP contribution >= 0.6 is 0 Å². The Kier molecular flexibility index (Phi) is 11.1. The molecule has 0 bridgehead atoms. The third-order valence-corrected chi connectivity index (χ3v) is 3.13. The van der Waals surface area contributed by atoms with Crippen molar-refractivity contribution in [3.8, 4) is 0 Å². The van der Waals surface area contributed by atoms with Gasteiger partial charge in [-0.05, 0) is 33.1 Å². The molecule has 0 aliphatic carbocycles. The van der Waals surface area contributed by atoms with Crippen molar-refractivity contribution < 1.29 is 36.3 Å². The lowest BCUT2D eigenvalue weighted by Crippen LogP contribution is -3.00. The summed E-state index contributed by atoms with van der Waals surface area (Å²) in [5.74, 6) is 0. The third kappa shape index (κ3) is 6.88. The minimum Gasteiger partial charge on any atom is -1.00 e. The fraction of sp³-hybridized carbons (Fsp3) is 1.00. The Balaban J connectivity index is -0.000000605. The van der Waals surface area contributed by atoms with Crippen molar-refractivity contribution >= 4 is 0 Å². The van der Waals surface area contributed by atoms with Gasteiger partial charge in [-0.1, -0.05) is 13.8 Å². The molecule has 0 saturated carbocycles. The number of hydrogen-bond donors (Lipinski definition) is 2. The van der Waals surface area contributed by atoms with Crippen LogP contribution in [0.1, 0.15) is 47.0 Å². The summed E-state index contributed by atoms with van der Waals surface area (Å²) in [7, 11) is 0. The number of rotatable bonds is 5. The Morgan fingerprint density at radius 3 is 1.64 bits per heavy atom. The normalized spacial score (nSPS) is 11.6. The van der Waals surface area contributed by atoms with Crippen LogP contribution in [0.15, 0.2) is 0 Å². The van der Waals surface area contributed by atoms with Gasteiger partial charge in [-0.2, -0.15) is 0 Å². The molecule has 0 spiro atoms. The molecular formula is C10H26Cl2N2. The maximum absolute atomic E-state index is 4.21. The molecule has 0 heterocycles. The van der Waals surface area contributed by atoms with Crippen molar-refractivity contribution in [1.29, 1.82) is 0 Å². The molecule has 14 heavy (non-hydrogen) atoms. The van der Waals surface area contributed by atoms with Crippen LogP contribution in [0.4, 0.5) is 0 Å². The van der Waals surface area contributed by atoms with E-state index in [-0.39, 0.29) is 30.4 Å². The average Bonchev–Trinajstić information content (AvgIpc) is 1.85. The van der Waals surface area contributed by atoms with Crippen LogP contribution in [-0.4, -0.2) is 12.1 Å². The second-order valence-electron chi connectivity index (χ2n) is 5.08. The monoisotopic (exact) mass is 244 g/mol. The fourth-order valence-corrected chi connectivity index (χ4v) is 1.08. The lowest BCUT2D eigenvalue weighted by atomic mass is 9.72. The van der Waals surface area contributed by atoms with E-state index >= 15 is 0 Å². The molecule has 0 aromatic heterocycles. The SMILES string of the molecule is CC(C)([NH3+])C(C)(C)CCCC[NH3+].[Cl-].[Cl-]. The molecule has 0 fully saturated rings. The standard InChI is InChI=1S/C10H24N2.2ClH/c1-9(2,10(3,4)12)7-5-6-8-11;;/h5-8,11-12H2,1-4H3;2*1H. The molecule has 0 atom stereocenters. The van der Waals surface area contributed by atoms with E-state index < -0.39 is 0 Å². The van der Waals surface area contributed by atoms with Crippen LogP contribution < -0.4 is 36.3 Å². The molecule has 0 rings (SSSR count). The molecule has 0 saturated heterocycles. The van der Waals surface area contributed by atoms with E-state index in [0.717, 1.165) is 6.54 Å². The third-order valence-electron chi connectivity index (χ3n) is 3.13. The van der Waals surface area contributed by atoms with Crippen molar-refractivity contribution in [2.45, 2.75) is 52.5 Å². The van der Waals surface area contributed by atoms with Crippen LogP contribution in [0.25, 0.3) is 0 Å². The van der Waals surface area contributed by atoms with Crippen molar-refractivity contribution in [1.82, 2.24) is 0 Å². The minimum absolute atomic E-state index is 0. The Morgan fingerprint density at radius 2 is 1.36 bits per heavy atom. The molecular weight excluding hydrogens is 219 g/mol. The summed E-state index contributed by atoms with van der Waals surface area (Å²) >= 11 is 0. The van der Waals surface area contributed by atoms with Gasteiger partial charge in [-0.15, -0.1) is 0 Å². The highest BCUT2D eigenvalue weighted by atomic mass is 35.5. The van der Waals surface area contributed by atoms with Crippen LogP contribution in [0.3, 0.4) is 0 Å². The minimum atomic E-state index is 0. The largest absolute Gasteiger partial charge is 1.00 e. The van der Waals surface area contributed by atoms with Crippen LogP contribution in [-0.2, 0) is 0 Å². The first kappa shape index (κ1) is 20.0. The quantitative estimate of drug-likeness (QED) is 0.454. The molecule has 4 heteroatoms. The molecule has 6 N–H and O–H groups in total. The maximum atomic E-state index is 4.21. The zero-order valence-corrected chi connectivity index (χ0v) is 11.5. The molecule has 0 amide bonds. The smallest absolute Gasteiger partial charge is 0.0940 e. The molecule has 90 valence electrons. The Labute approximate surface area is 101 Å². The van der Waals surface area contributed by atoms with Crippen molar-refractivity contribution in [3.05, 3.63) is 0 Å². The first-order chi connectivity index (χ1) is 5.31. The van der Waals surface area contributed by atoms with E-state index in [4.69, 9.17) is 0 Å². The summed E-state index contributed by atoms with van der Waals surface area (Å²) in [6.07, 6.45) is 3.80. The van der Waals surface area contributed by atoms with E-state index in [1.165, 1.54) is 19.3 Å². The van der Waals surface area contributed by atoms with Crippen LogP contribution in [0.2, 0.25) is 0 Å². The van der Waals surface area contributed by atoms with Gasteiger partial charge in [-0.3, -0.25) is 0 Å². The van der Waals surface area contributed by atoms with Gasteiger partial charge in [0.05, 0.1) is 12.1 Å². The van der Waals surface area contributed by atoms with Crippen molar-refractivity contribution in [3.63, 3.8) is 0 Å². The molecule has 0 unspecified atom stereocenters. The zero-order chi connectivity index (χ0) is 9.83. The topological polar surface area (TPSA) is 55.3 Å². The lowest BCUT2D eigenvalue weighted by molar-refractivity contribution is -0.493. The number of hydrogen-bond acceptors (Lipinski definition) is 0. The van der Waals surface area contributed by atoms with E-state index in [2.05, 4.69) is 39.2 Å². The number of quaternary nitrogens is 2. The molecule has 0 radical (unpaired) electrons. The Morgan fingerprint density at radius 1 is 0.929 bits per heavy atom. The van der Waals surface area contributed by atoms with E-state index in [9.17, 15) is 0 Å². The Hall–Kier alpha value is 0.500. The van der Waals surface area contributed by atoms with Gasteiger partial charge in [0.25, 0.3) is 0 Å². The van der Waals surface area contributed by atoms with Gasteiger partial charge < -0.3 is 36.3 Å². The van der Waals surface area contributed by atoms with E-state index in [1.807, 2.05) is 0 Å². The highest BCUT2D eigenvalue weighted by Gasteiger charge is 2.36. The van der Waals surface area contributed by atoms with E-state index in [0.29, 0.717) is 5.41 Å². The summed E-state index contributed by atoms with van der Waals surface area (Å²) in [5, 5.41) is 0. The summed E-state index contributed by atoms with van der Waals surface area (Å²) in [4.78, 5) is 0. The number of halogens is 2. The summed E-state index contributed by atoms with van der Waals surface area (Å²) < 4.78 is 0. The first-order valence-electron chi connectivity index (χ1n) is 4.96. The predicted octanol–water partition coefficient (Wildman–Crippen LogP) is -5.55. The summed E-state index contributed by atoms with van der Waals surface area (Å²) in [5.41, 5.74) is 8.58. The lowest BCUT2D eigenvalue weighted by Gasteiger charge is -2.35. The average molecular weight is 245 g/mol. The fourth-order valence-electron chi connectivity index (χ4n) is 1.08. The number of unbranched alkanes of at least 4 members (excludes halogenated alkanes) is 1. The van der Waals surface area contributed by atoms with Crippen molar-refractivity contribution in [2.75, 3.05) is 6.54 Å². The molecule has 0 aromatic rings. The van der Waals surface area contributed by atoms with Crippen molar-refractivity contribution in [2.24, 2.45) is 5.41 Å². The predicted molar refractivity (Wildman–Crippen MR) is 52.4 cm³/mol. The van der Waals surface area contributed by atoms with Crippen LogP contribution in [0.5, 0.6) is 0 Å². The molecule has 0 aliphatic heterocycles. The highest BCUT2D eigenvalue weighted by Crippen LogP contribution is 2.32. The summed E-state index contributed by atoms with van der Waals surface area (Å²) in [6, 6.07) is 0. The summed E-state index contributed by atoms with van der Waals surface area (Å²) in [6.45, 7) is 10.1. The molecule has 0 aromatic carbocycles. The van der Waals surface area contributed by atoms with Crippen LogP contribution in [0, 0.1) is 5.41 Å². The maximum Gasteiger partial charge on any atom is 0.0940 e. The molecule has 0 aliphatic rings. The van der Waals surface area contributed by atoms with Gasteiger partial charge in [0.1, 0.15) is 0 Å². The van der Waals surface area contributed by atoms with Gasteiger partial charge >= 0.3 is 0 Å². The molecule has 2 nitrogen and oxygen atoms in total. The first-order valence-corrected chi connectivity index (χ1v) is 4.96.